The molecule has 5 N–H and O–H groups in total. The van der Waals surface area contributed by atoms with Gasteiger partial charge in [-0.3, -0.25) is 14.4 Å². The molecule has 0 aliphatic carbocycles. The number of thiophene rings is 1. The Morgan fingerprint density at radius 1 is 1.28 bits per heavy atom. The molecular weight excluding hydrogens is 418 g/mol. The molecule has 3 heterocycles. The summed E-state index contributed by atoms with van der Waals surface area (Å²) in [4.78, 5) is 38.2. The average Bonchev–Trinajstić information content (AvgIpc) is 3.28. The zero-order valence-electron chi connectivity index (χ0n) is 14.8. The van der Waals surface area contributed by atoms with Gasteiger partial charge in [-0.15, -0.1) is 23.1 Å². The van der Waals surface area contributed by atoms with Crippen LogP contribution in [0.2, 0.25) is 0 Å². The van der Waals surface area contributed by atoms with E-state index in [9.17, 15) is 19.5 Å². The molecule has 0 atom stereocenters. The number of benzene rings is 1. The minimum absolute atomic E-state index is 0.0304. The zero-order valence-corrected chi connectivity index (χ0v) is 16.4. The van der Waals surface area contributed by atoms with E-state index in [0.29, 0.717) is 27.0 Å². The normalized spacial score (nSPS) is 12.3. The lowest BCUT2D eigenvalue weighted by Gasteiger charge is -2.06. The number of nitrogens with two attached hydrogens (primary N) is 1. The number of nitrogens with one attached hydrogen (secondary N) is 2. The second-order valence-electron chi connectivity index (χ2n) is 6.10. The summed E-state index contributed by atoms with van der Waals surface area (Å²) in [5, 5.41) is 12.7. The van der Waals surface area contributed by atoms with Gasteiger partial charge in [0.05, 0.1) is 25.7 Å². The van der Waals surface area contributed by atoms with Crippen molar-refractivity contribution >= 4 is 45.1 Å². The first-order valence-corrected chi connectivity index (χ1v) is 10.2. The van der Waals surface area contributed by atoms with Crippen LogP contribution in [0.15, 0.2) is 33.3 Å². The first kappa shape index (κ1) is 19.2. The number of aromatic nitrogens is 1. The third-order valence-electron chi connectivity index (χ3n) is 4.13. The maximum absolute atomic E-state index is 12.2. The SMILES string of the molecule is NC(=O)c1c(SCC(=O)NCc2ccc3c(c2)OCO3)sc2c(O)cc(=O)[nH]c12. The second-order valence-corrected chi connectivity index (χ2v) is 8.37. The van der Waals surface area contributed by atoms with Crippen LogP contribution in [0, 0.1) is 0 Å². The zero-order chi connectivity index (χ0) is 20.5. The fourth-order valence-corrected chi connectivity index (χ4v) is 5.10. The van der Waals surface area contributed by atoms with Gasteiger partial charge in [0.1, 0.15) is 5.75 Å². The Bertz CT molecular complexity index is 1190. The maximum Gasteiger partial charge on any atom is 0.252 e. The molecule has 0 spiro atoms. The van der Waals surface area contributed by atoms with Gasteiger partial charge in [0, 0.05) is 12.6 Å². The van der Waals surface area contributed by atoms with Crippen molar-refractivity contribution in [1.82, 2.24) is 10.3 Å². The number of primary amides is 1. The number of carbonyl (C=O) groups is 2. The van der Waals surface area contributed by atoms with Crippen molar-refractivity contribution in [2.45, 2.75) is 10.8 Å². The van der Waals surface area contributed by atoms with Crippen LogP contribution < -0.4 is 26.1 Å². The average molecular weight is 433 g/mol. The van der Waals surface area contributed by atoms with E-state index in [1.807, 2.05) is 6.07 Å². The van der Waals surface area contributed by atoms with Crippen molar-refractivity contribution in [3.8, 4) is 17.2 Å². The number of H-pyrrole nitrogens is 1. The lowest BCUT2D eigenvalue weighted by molar-refractivity contribution is -0.118. The van der Waals surface area contributed by atoms with E-state index >= 15 is 0 Å². The minimum atomic E-state index is -0.749. The molecular formula is C18H15N3O6S2. The number of thioether (sulfide) groups is 1. The van der Waals surface area contributed by atoms with Crippen molar-refractivity contribution in [1.29, 1.82) is 0 Å². The summed E-state index contributed by atoms with van der Waals surface area (Å²) in [7, 11) is 0. The Balaban J connectivity index is 1.44. The van der Waals surface area contributed by atoms with Crippen molar-refractivity contribution in [3.63, 3.8) is 0 Å². The molecule has 29 heavy (non-hydrogen) atoms. The van der Waals surface area contributed by atoms with E-state index < -0.39 is 11.5 Å². The minimum Gasteiger partial charge on any atom is -0.506 e. The summed E-state index contributed by atoms with van der Waals surface area (Å²) in [6.45, 7) is 0.485. The first-order chi connectivity index (χ1) is 13.9. The van der Waals surface area contributed by atoms with Crippen LogP contribution in [0.25, 0.3) is 10.2 Å². The predicted molar refractivity (Wildman–Crippen MR) is 108 cm³/mol. The molecule has 0 fully saturated rings. The topological polar surface area (TPSA) is 144 Å². The molecule has 1 aromatic carbocycles. The number of rotatable bonds is 6. The molecule has 1 aliphatic heterocycles. The Labute approximate surface area is 171 Å². The van der Waals surface area contributed by atoms with Gasteiger partial charge in [0.25, 0.3) is 11.5 Å². The highest BCUT2D eigenvalue weighted by molar-refractivity contribution is 8.02. The Morgan fingerprint density at radius 3 is 2.86 bits per heavy atom. The lowest BCUT2D eigenvalue weighted by Crippen LogP contribution is -2.24. The molecule has 9 nitrogen and oxygen atoms in total. The van der Waals surface area contributed by atoms with Crippen LogP contribution in [0.1, 0.15) is 15.9 Å². The summed E-state index contributed by atoms with van der Waals surface area (Å²) in [5.41, 5.74) is 6.01. The van der Waals surface area contributed by atoms with Gasteiger partial charge < -0.3 is 30.6 Å². The smallest absolute Gasteiger partial charge is 0.252 e. The highest BCUT2D eigenvalue weighted by Gasteiger charge is 2.21. The predicted octanol–water partition coefficient (Wildman–Crippen LogP) is 1.53. The van der Waals surface area contributed by atoms with Crippen molar-refractivity contribution < 1.29 is 24.2 Å². The molecule has 0 saturated heterocycles. The second kappa shape index (κ2) is 7.68. The Kier molecular flexibility index (Phi) is 5.07. The lowest BCUT2D eigenvalue weighted by atomic mass is 10.2. The molecule has 2 aromatic heterocycles. The van der Waals surface area contributed by atoms with Crippen molar-refractivity contribution in [3.05, 3.63) is 45.7 Å². The summed E-state index contributed by atoms with van der Waals surface area (Å²) in [6.07, 6.45) is 0. The fraction of sp³-hybridized carbons (Fsp3) is 0.167. The van der Waals surface area contributed by atoms with Crippen LogP contribution in [-0.4, -0.2) is 34.5 Å². The standard InChI is InChI=1S/C18H15N3O6S2/c19-17(25)14-15-16(9(22)4-12(23)21-15)29-18(14)28-6-13(24)20-5-8-1-2-10-11(3-8)27-7-26-10/h1-4H,5-7H2,(H2,19,25)(H,20,24)(H2,21,22,23). The number of hydrogen-bond acceptors (Lipinski definition) is 8. The van der Waals surface area contributed by atoms with Gasteiger partial charge >= 0.3 is 0 Å². The van der Waals surface area contributed by atoms with Crippen molar-refractivity contribution in [2.24, 2.45) is 5.73 Å². The van der Waals surface area contributed by atoms with Gasteiger partial charge in [0.15, 0.2) is 11.5 Å². The van der Waals surface area contributed by atoms with Gasteiger partial charge in [-0.05, 0) is 17.7 Å². The number of fused-ring (bicyclic) bond motifs is 2. The van der Waals surface area contributed by atoms with E-state index in [-0.39, 0.29) is 35.3 Å². The Hall–Kier alpha value is -3.18. The van der Waals surface area contributed by atoms with E-state index in [1.165, 1.54) is 0 Å². The first-order valence-electron chi connectivity index (χ1n) is 8.39. The van der Waals surface area contributed by atoms with Gasteiger partial charge in [0.2, 0.25) is 12.7 Å². The molecule has 2 amide bonds. The van der Waals surface area contributed by atoms with Crippen LogP contribution in [-0.2, 0) is 11.3 Å². The van der Waals surface area contributed by atoms with E-state index in [0.717, 1.165) is 34.7 Å². The number of hydrogen-bond donors (Lipinski definition) is 4. The molecule has 4 rings (SSSR count). The molecule has 0 bridgehead atoms. The monoisotopic (exact) mass is 433 g/mol. The quantitative estimate of drug-likeness (QED) is 0.432. The summed E-state index contributed by atoms with van der Waals surface area (Å²) in [5.74, 6) is 0.0918. The summed E-state index contributed by atoms with van der Waals surface area (Å²) >= 11 is 2.20. The maximum atomic E-state index is 12.2. The molecule has 0 unspecified atom stereocenters. The molecule has 1 aliphatic rings. The summed E-state index contributed by atoms with van der Waals surface area (Å²) in [6, 6.07) is 6.43. The van der Waals surface area contributed by atoms with Crippen LogP contribution in [0.3, 0.4) is 0 Å². The highest BCUT2D eigenvalue weighted by atomic mass is 32.2. The number of aromatic amines is 1. The van der Waals surface area contributed by atoms with E-state index in [1.54, 1.807) is 12.1 Å². The van der Waals surface area contributed by atoms with Gasteiger partial charge in [-0.25, -0.2) is 0 Å². The largest absolute Gasteiger partial charge is 0.506 e. The van der Waals surface area contributed by atoms with Crippen LogP contribution in [0.5, 0.6) is 17.2 Å². The summed E-state index contributed by atoms with van der Waals surface area (Å²) < 4.78 is 11.3. The number of pyridine rings is 1. The Morgan fingerprint density at radius 2 is 2.07 bits per heavy atom. The third-order valence-corrected chi connectivity index (χ3v) is 6.62. The van der Waals surface area contributed by atoms with Crippen molar-refractivity contribution in [2.75, 3.05) is 12.5 Å². The third kappa shape index (κ3) is 3.87. The molecule has 0 saturated carbocycles. The van der Waals surface area contributed by atoms with E-state index in [2.05, 4.69) is 10.3 Å². The van der Waals surface area contributed by atoms with E-state index in [4.69, 9.17) is 15.2 Å². The molecule has 0 radical (unpaired) electrons. The fourth-order valence-electron chi connectivity index (χ4n) is 2.82. The molecule has 11 heteroatoms. The number of carbonyl (C=O) groups excluding carboxylic acids is 2. The molecule has 3 aromatic rings. The number of aromatic hydroxyl groups is 1. The number of ether oxygens (including phenoxy) is 2. The van der Waals surface area contributed by atoms with Gasteiger partial charge in [-0.1, -0.05) is 6.07 Å². The molecule has 150 valence electrons. The highest BCUT2D eigenvalue weighted by Crippen LogP contribution is 2.40. The number of amides is 2. The van der Waals surface area contributed by atoms with Crippen LogP contribution >= 0.6 is 23.1 Å². The van der Waals surface area contributed by atoms with Crippen LogP contribution in [0.4, 0.5) is 0 Å². The van der Waals surface area contributed by atoms with Gasteiger partial charge in [-0.2, -0.15) is 0 Å².